The average molecular weight is 461 g/mol. The monoisotopic (exact) mass is 460 g/mol. The fourth-order valence-electron chi connectivity index (χ4n) is 3.66. The first-order valence-corrected chi connectivity index (χ1v) is 11.9. The second kappa shape index (κ2) is 8.51. The number of nitrogens with zero attached hydrogens (tertiary/aromatic N) is 2. The van der Waals surface area contributed by atoms with Crippen molar-refractivity contribution < 1.29 is 17.7 Å². The molecule has 0 fully saturated rings. The Morgan fingerprint density at radius 3 is 2.61 bits per heavy atom. The first kappa shape index (κ1) is 20.9. The number of fused-ring (bicyclic) bond motifs is 1. The van der Waals surface area contributed by atoms with Crippen molar-refractivity contribution in [3.05, 3.63) is 78.4 Å². The van der Waals surface area contributed by atoms with Gasteiger partial charge < -0.3 is 9.84 Å². The Bertz CT molecular complexity index is 1480. The summed E-state index contributed by atoms with van der Waals surface area (Å²) < 4.78 is 33.3. The highest BCUT2D eigenvalue weighted by Crippen LogP contribution is 2.29. The fraction of sp³-hybridized carbons (Fsp3) is 0.125. The predicted molar refractivity (Wildman–Crippen MR) is 126 cm³/mol. The normalized spacial score (nSPS) is 13.6. The second-order valence-electron chi connectivity index (χ2n) is 7.63. The first-order chi connectivity index (χ1) is 16.0. The molecule has 0 spiro atoms. The number of hydrogen-bond donors (Lipinski definition) is 2. The second-order valence-corrected chi connectivity index (χ2v) is 9.31. The smallest absolute Gasteiger partial charge is 0.262 e. The molecule has 0 bridgehead atoms. The van der Waals surface area contributed by atoms with E-state index in [0.717, 1.165) is 12.0 Å². The van der Waals surface area contributed by atoms with Crippen molar-refractivity contribution in [2.45, 2.75) is 17.7 Å². The summed E-state index contributed by atoms with van der Waals surface area (Å²) in [6, 6.07) is 20.7. The number of aromatic nitrogens is 1. The lowest BCUT2D eigenvalue weighted by molar-refractivity contribution is 0.102. The molecule has 2 heterocycles. The molecule has 2 N–H and O–H groups in total. The molecule has 3 aromatic carbocycles. The van der Waals surface area contributed by atoms with E-state index >= 15 is 0 Å². The summed E-state index contributed by atoms with van der Waals surface area (Å²) >= 11 is 0. The number of amides is 1. The third-order valence-corrected chi connectivity index (χ3v) is 6.68. The van der Waals surface area contributed by atoms with E-state index in [9.17, 15) is 13.2 Å². The van der Waals surface area contributed by atoms with Crippen LogP contribution in [-0.2, 0) is 10.0 Å². The molecule has 9 heteroatoms. The van der Waals surface area contributed by atoms with Crippen LogP contribution in [-0.4, -0.2) is 31.9 Å². The minimum atomic E-state index is -3.78. The van der Waals surface area contributed by atoms with Crippen molar-refractivity contribution in [1.29, 1.82) is 0 Å². The van der Waals surface area contributed by atoms with E-state index in [0.29, 0.717) is 46.7 Å². The van der Waals surface area contributed by atoms with Crippen molar-refractivity contribution in [2.75, 3.05) is 11.9 Å². The topological polar surface area (TPSA) is 114 Å². The SMILES string of the molecule is O=C(Nc1cccc(S(=O)(=O)NC2=NCCC2)c1)c1ccc2noc(-c3ccccc3)c2c1. The van der Waals surface area contributed by atoms with E-state index in [-0.39, 0.29) is 10.8 Å². The number of rotatable bonds is 5. The van der Waals surface area contributed by atoms with Crippen LogP contribution < -0.4 is 10.0 Å². The number of hydrogen-bond acceptors (Lipinski definition) is 6. The van der Waals surface area contributed by atoms with Gasteiger partial charge in [0.2, 0.25) is 0 Å². The minimum Gasteiger partial charge on any atom is -0.355 e. The van der Waals surface area contributed by atoms with Crippen LogP contribution in [0, 0.1) is 0 Å². The van der Waals surface area contributed by atoms with E-state index in [1.54, 1.807) is 30.3 Å². The quantitative estimate of drug-likeness (QED) is 0.463. The summed E-state index contributed by atoms with van der Waals surface area (Å²) in [6.45, 7) is 0.621. The van der Waals surface area contributed by atoms with E-state index in [1.807, 2.05) is 30.3 Å². The summed E-state index contributed by atoms with van der Waals surface area (Å²) in [5.74, 6) is 0.662. The Balaban J connectivity index is 1.39. The van der Waals surface area contributed by atoms with Gasteiger partial charge in [0.1, 0.15) is 11.4 Å². The van der Waals surface area contributed by atoms with Gasteiger partial charge in [-0.2, -0.15) is 0 Å². The maximum atomic E-state index is 12.9. The van der Waals surface area contributed by atoms with Crippen LogP contribution in [0.5, 0.6) is 0 Å². The number of nitrogens with one attached hydrogen (secondary N) is 2. The Morgan fingerprint density at radius 1 is 0.970 bits per heavy atom. The lowest BCUT2D eigenvalue weighted by Gasteiger charge is -2.10. The number of anilines is 1. The molecular formula is C24H20N4O4S. The van der Waals surface area contributed by atoms with Crippen molar-refractivity contribution in [1.82, 2.24) is 9.88 Å². The highest BCUT2D eigenvalue weighted by atomic mass is 32.2. The zero-order valence-electron chi connectivity index (χ0n) is 17.5. The van der Waals surface area contributed by atoms with Crippen molar-refractivity contribution in [3.63, 3.8) is 0 Å². The van der Waals surface area contributed by atoms with Crippen LogP contribution in [0.3, 0.4) is 0 Å². The van der Waals surface area contributed by atoms with Gasteiger partial charge in [-0.15, -0.1) is 0 Å². The van der Waals surface area contributed by atoms with Gasteiger partial charge in [0, 0.05) is 29.8 Å². The van der Waals surface area contributed by atoms with Gasteiger partial charge in [0.25, 0.3) is 15.9 Å². The summed E-state index contributed by atoms with van der Waals surface area (Å²) in [5.41, 5.74) is 2.26. The van der Waals surface area contributed by atoms with Crippen LogP contribution in [0.2, 0.25) is 0 Å². The largest absolute Gasteiger partial charge is 0.355 e. The van der Waals surface area contributed by atoms with Gasteiger partial charge in [-0.25, -0.2) is 8.42 Å². The maximum absolute atomic E-state index is 12.9. The molecule has 1 aliphatic rings. The molecule has 5 rings (SSSR count). The van der Waals surface area contributed by atoms with Crippen molar-refractivity contribution in [3.8, 4) is 11.3 Å². The number of benzene rings is 3. The first-order valence-electron chi connectivity index (χ1n) is 10.4. The molecule has 1 aliphatic heterocycles. The van der Waals surface area contributed by atoms with Gasteiger partial charge in [-0.3, -0.25) is 14.5 Å². The number of carbonyl (C=O) groups is 1. The van der Waals surface area contributed by atoms with Crippen molar-refractivity contribution in [2.24, 2.45) is 4.99 Å². The summed E-state index contributed by atoms with van der Waals surface area (Å²) in [6.07, 6.45) is 1.43. The molecular weight excluding hydrogens is 440 g/mol. The lowest BCUT2D eigenvalue weighted by Crippen LogP contribution is -2.29. The zero-order valence-corrected chi connectivity index (χ0v) is 18.3. The highest BCUT2D eigenvalue weighted by molar-refractivity contribution is 7.90. The molecule has 4 aromatic rings. The Labute approximate surface area is 190 Å². The molecule has 1 amide bonds. The van der Waals surface area contributed by atoms with Crippen LogP contribution in [0.4, 0.5) is 5.69 Å². The third-order valence-electron chi connectivity index (χ3n) is 5.30. The van der Waals surface area contributed by atoms with Gasteiger partial charge in [0.05, 0.1) is 10.3 Å². The van der Waals surface area contributed by atoms with E-state index < -0.39 is 10.0 Å². The highest BCUT2D eigenvalue weighted by Gasteiger charge is 2.19. The molecule has 0 saturated carbocycles. The fourth-order valence-corrected chi connectivity index (χ4v) is 4.80. The average Bonchev–Trinajstić information content (AvgIpc) is 3.49. The van der Waals surface area contributed by atoms with Crippen molar-refractivity contribution >= 4 is 38.4 Å². The number of sulfonamides is 1. The molecule has 0 aliphatic carbocycles. The summed E-state index contributed by atoms with van der Waals surface area (Å²) in [5, 5.41) is 7.55. The number of carbonyl (C=O) groups excluding carboxylic acids is 1. The standard InChI is InChI=1S/C24H20N4O4S/c29-24(17-11-12-21-20(14-17)23(32-27-21)16-6-2-1-3-7-16)26-18-8-4-9-19(15-18)33(30,31)28-22-10-5-13-25-22/h1-4,6-9,11-12,14-15H,5,10,13H2,(H,25,28)(H,26,29). The number of aliphatic imine (C=N–C) groups is 1. The molecule has 0 unspecified atom stereocenters. The van der Waals surface area contributed by atoms with E-state index in [4.69, 9.17) is 4.52 Å². The third kappa shape index (κ3) is 4.35. The zero-order chi connectivity index (χ0) is 22.8. The van der Waals surface area contributed by atoms with E-state index in [1.165, 1.54) is 12.1 Å². The van der Waals surface area contributed by atoms with E-state index in [2.05, 4.69) is 20.2 Å². The maximum Gasteiger partial charge on any atom is 0.262 e. The van der Waals surface area contributed by atoms with Crippen LogP contribution in [0.25, 0.3) is 22.2 Å². The van der Waals surface area contributed by atoms with Crippen LogP contribution in [0.15, 0.2) is 87.2 Å². The number of amidine groups is 1. The molecule has 0 saturated heterocycles. The predicted octanol–water partition coefficient (Wildman–Crippen LogP) is 4.22. The summed E-state index contributed by atoms with van der Waals surface area (Å²) in [7, 11) is -3.78. The molecule has 166 valence electrons. The Morgan fingerprint density at radius 2 is 1.82 bits per heavy atom. The Hall–Kier alpha value is -3.98. The Kier molecular flexibility index (Phi) is 5.39. The molecule has 1 aromatic heterocycles. The van der Waals surface area contributed by atoms with Gasteiger partial charge in [-0.1, -0.05) is 41.6 Å². The lowest BCUT2D eigenvalue weighted by atomic mass is 10.1. The van der Waals surface area contributed by atoms with Crippen LogP contribution in [0.1, 0.15) is 23.2 Å². The molecule has 33 heavy (non-hydrogen) atoms. The van der Waals surface area contributed by atoms with Gasteiger partial charge >= 0.3 is 0 Å². The van der Waals surface area contributed by atoms with Gasteiger partial charge in [-0.05, 0) is 42.8 Å². The molecule has 8 nitrogen and oxygen atoms in total. The minimum absolute atomic E-state index is 0.0516. The molecule has 0 radical (unpaired) electrons. The van der Waals surface area contributed by atoms with Gasteiger partial charge in [0.15, 0.2) is 5.76 Å². The molecule has 0 atom stereocenters. The summed E-state index contributed by atoms with van der Waals surface area (Å²) in [4.78, 5) is 17.1. The van der Waals surface area contributed by atoms with Crippen LogP contribution >= 0.6 is 0 Å².